The molecule has 0 atom stereocenters. The predicted molar refractivity (Wildman–Crippen MR) is 432 cm³/mol. The fourth-order valence-electron chi connectivity index (χ4n) is 18.6. The van der Waals surface area contributed by atoms with Crippen LogP contribution in [0.2, 0.25) is 0 Å². The molecule has 104 heavy (non-hydrogen) atoms. The summed E-state index contributed by atoms with van der Waals surface area (Å²) in [5.41, 5.74) is 35.4. The van der Waals surface area contributed by atoms with E-state index in [-0.39, 0.29) is 18.3 Å². The van der Waals surface area contributed by atoms with E-state index >= 15 is 0 Å². The van der Waals surface area contributed by atoms with Crippen LogP contribution in [0.3, 0.4) is 0 Å². The van der Waals surface area contributed by atoms with Crippen molar-refractivity contribution in [3.05, 3.63) is 323 Å². The summed E-state index contributed by atoms with van der Waals surface area (Å²) in [5.74, 6) is 1.77. The van der Waals surface area contributed by atoms with Crippen LogP contribution in [0.1, 0.15) is 93.7 Å². The third-order valence-corrected chi connectivity index (χ3v) is 23.4. The molecule has 0 unspecified atom stereocenters. The van der Waals surface area contributed by atoms with Crippen LogP contribution >= 0.6 is 0 Å². The zero-order valence-corrected chi connectivity index (χ0v) is 58.2. The normalized spacial score (nSPS) is 13.8. The molecule has 14 aromatic carbocycles. The predicted octanol–water partition coefficient (Wildman–Crippen LogP) is 25.7. The maximum absolute atomic E-state index is 6.30. The first kappa shape index (κ1) is 60.4. The minimum absolute atomic E-state index is 0. The first-order valence-electron chi connectivity index (χ1n) is 36.9. The summed E-state index contributed by atoms with van der Waals surface area (Å²) >= 11 is 0. The van der Waals surface area contributed by atoms with Crippen LogP contribution in [0, 0.1) is 0 Å². The van der Waals surface area contributed by atoms with Gasteiger partial charge in [0.25, 0.3) is 0 Å². The topological polar surface area (TPSA) is 67.7 Å². The van der Waals surface area contributed by atoms with Gasteiger partial charge in [-0.3, -0.25) is 0 Å². The van der Waals surface area contributed by atoms with Crippen molar-refractivity contribution in [3.63, 3.8) is 0 Å². The Bertz CT molecular complexity index is 6830. The van der Waals surface area contributed by atoms with Gasteiger partial charge in [-0.05, 0) is 216 Å². The Morgan fingerprint density at radius 3 is 1.32 bits per heavy atom. The highest BCUT2D eigenvalue weighted by Crippen LogP contribution is 2.58. The van der Waals surface area contributed by atoms with Crippen molar-refractivity contribution in [2.45, 2.75) is 71.9 Å². The van der Waals surface area contributed by atoms with Gasteiger partial charge < -0.3 is 31.9 Å². The summed E-state index contributed by atoms with van der Waals surface area (Å²) in [6.07, 6.45) is 1.96. The van der Waals surface area contributed by atoms with Crippen molar-refractivity contribution in [2.75, 3.05) is 14.2 Å². The van der Waals surface area contributed by atoms with E-state index in [4.69, 9.17) is 25.7 Å². The van der Waals surface area contributed by atoms with Crippen molar-refractivity contribution in [2.24, 2.45) is 0 Å². The summed E-state index contributed by atoms with van der Waals surface area (Å²) in [6.45, 7) is 11.1. The van der Waals surface area contributed by atoms with E-state index in [2.05, 4.69) is 261 Å². The summed E-state index contributed by atoms with van der Waals surface area (Å²) in [6, 6.07) is 96.2. The second kappa shape index (κ2) is 22.8. The molecule has 0 fully saturated rings. The quantitative estimate of drug-likeness (QED) is 0.166. The smallest absolute Gasteiger partial charge is 0.135 e. The van der Waals surface area contributed by atoms with Crippen LogP contribution in [0.25, 0.3) is 154 Å². The lowest BCUT2D eigenvalue weighted by molar-refractivity contribution is 0.414. The lowest BCUT2D eigenvalue weighted by atomic mass is 9.78. The Morgan fingerprint density at radius 2 is 0.769 bits per heavy atom. The maximum Gasteiger partial charge on any atom is 0.135 e. The van der Waals surface area contributed by atoms with E-state index in [1.807, 2.05) is 42.5 Å². The van der Waals surface area contributed by atoms with Crippen LogP contribution in [-0.2, 0) is 36.8 Å². The molecule has 4 aliphatic rings. The fraction of sp³-hybridized carbons (Fsp3) is 0.134. The third kappa shape index (κ3) is 8.95. The Balaban J connectivity index is 0.000000108. The van der Waals surface area contributed by atoms with E-state index in [0.717, 1.165) is 70.9 Å². The van der Waals surface area contributed by atoms with E-state index in [9.17, 15) is 0 Å². The highest BCUT2D eigenvalue weighted by Gasteiger charge is 2.42. The molecule has 7 heteroatoms. The monoisotopic (exact) mass is 1350 g/mol. The molecule has 7 nitrogen and oxygen atoms in total. The van der Waals surface area contributed by atoms with Gasteiger partial charge in [0.05, 0.1) is 14.2 Å². The van der Waals surface area contributed by atoms with Crippen LogP contribution in [0.5, 0.6) is 11.5 Å². The number of hydrogen-bond acceptors (Lipinski definition) is 5. The molecule has 23 rings (SSSR count). The minimum atomic E-state index is -0.160. The third-order valence-electron chi connectivity index (χ3n) is 23.4. The van der Waals surface area contributed by atoms with Gasteiger partial charge in [-0.2, -0.15) is 0 Å². The highest BCUT2D eigenvalue weighted by atomic mass is 16.5. The first-order valence-corrected chi connectivity index (χ1v) is 35.9. The molecular weight excluding hydrogens is 1270 g/mol. The number of methoxy groups -OCH3 is 2. The number of furan rings is 3. The minimum Gasteiger partial charge on any atom is -0.497 e. The van der Waals surface area contributed by atoms with Gasteiger partial charge in [0, 0.05) is 103 Å². The average molecular weight is 1350 g/mol. The van der Waals surface area contributed by atoms with Crippen molar-refractivity contribution in [1.82, 2.24) is 9.13 Å². The molecule has 0 saturated heterocycles. The van der Waals surface area contributed by atoms with E-state index in [1.165, 1.54) is 176 Å². The zero-order valence-electron chi connectivity index (χ0n) is 60.2. The summed E-state index contributed by atoms with van der Waals surface area (Å²) in [5, 5.41) is 12.5. The second-order valence-electron chi connectivity index (χ2n) is 29.6. The van der Waals surface area contributed by atoms with Crippen molar-refractivity contribution < 1.29 is 25.7 Å². The maximum atomic E-state index is 6.30. The van der Waals surface area contributed by atoms with Gasteiger partial charge in [-0.15, -0.1) is 0 Å². The van der Waals surface area contributed by atoms with Crippen LogP contribution < -0.4 is 9.47 Å². The number of ether oxygens (including phenoxy) is 2. The molecule has 504 valence electrons. The van der Waals surface area contributed by atoms with E-state index in [0.29, 0.717) is 0 Å². The summed E-state index contributed by atoms with van der Waals surface area (Å²) in [4.78, 5) is 0. The second-order valence-corrected chi connectivity index (χ2v) is 29.6. The van der Waals surface area contributed by atoms with Gasteiger partial charge in [0.1, 0.15) is 45.0 Å². The van der Waals surface area contributed by atoms with Gasteiger partial charge in [0.15, 0.2) is 0 Å². The molecule has 5 aromatic heterocycles. The molecule has 0 bridgehead atoms. The fourth-order valence-corrected chi connectivity index (χ4v) is 18.6. The number of hydrogen-bond donors (Lipinski definition) is 0. The molecular formula is C97H76N2O5. The molecule has 0 radical (unpaired) electrons. The molecule has 0 saturated carbocycles. The van der Waals surface area contributed by atoms with Crippen LogP contribution in [-0.4, -0.2) is 23.4 Å². The van der Waals surface area contributed by atoms with Gasteiger partial charge in [-0.25, -0.2) is 0 Å². The van der Waals surface area contributed by atoms with Gasteiger partial charge in [-0.1, -0.05) is 199 Å². The Hall–Kier alpha value is -12.3. The zero-order chi connectivity index (χ0) is 70.7. The molecule has 5 heterocycles. The first-order chi connectivity index (χ1) is 51.4. The number of nitrogens with zero attached hydrogens (tertiary/aromatic N) is 2. The van der Waals surface area contributed by atoms with Gasteiger partial charge >= 0.3 is 0 Å². The Morgan fingerprint density at radius 1 is 0.337 bits per heavy atom. The Labute approximate surface area is 605 Å². The van der Waals surface area contributed by atoms with Crippen molar-refractivity contribution >= 4 is 109 Å². The van der Waals surface area contributed by atoms with E-state index in [1.54, 1.807) is 14.2 Å². The van der Waals surface area contributed by atoms with Gasteiger partial charge in [0.2, 0.25) is 0 Å². The Kier molecular flexibility index (Phi) is 13.3. The number of benzene rings is 14. The average Bonchev–Trinajstić information content (AvgIpc) is 1.54. The number of fused-ring (bicyclic) bond motifs is 30. The molecule has 0 aliphatic heterocycles. The summed E-state index contributed by atoms with van der Waals surface area (Å²) < 4.78 is 44.4. The summed E-state index contributed by atoms with van der Waals surface area (Å²) in [7, 11) is 3.42. The largest absolute Gasteiger partial charge is 0.497 e. The molecule has 4 aliphatic carbocycles. The van der Waals surface area contributed by atoms with Crippen molar-refractivity contribution in [1.29, 1.82) is 0 Å². The SMILES string of the molecule is C.CC1(C)c2cc3oc4ccccc4c3cc2-c2ccc3c(c21)-c1ccccc1C3.COc1ccc(Cn2c3ccccc3c3c4c(ccc32)-c2cc3c(cc2C4(C)C)oc2ccccc23)cc1.COc1ccc(Cn2c3ccccc3c3c4c(ccc32)-c2cc3c(cc2C4)oc2ccccc23)cc1.[2H][2H]. The highest BCUT2D eigenvalue weighted by molar-refractivity contribution is 6.17. The number of rotatable bonds is 6. The van der Waals surface area contributed by atoms with Crippen LogP contribution in [0.4, 0.5) is 0 Å². The van der Waals surface area contributed by atoms with E-state index < -0.39 is 0 Å². The molecule has 0 N–H and O–H groups in total. The number of para-hydroxylation sites is 5. The van der Waals surface area contributed by atoms with Crippen LogP contribution in [0.15, 0.2) is 280 Å². The molecule has 19 aromatic rings. The lowest BCUT2D eigenvalue weighted by Gasteiger charge is -2.24. The van der Waals surface area contributed by atoms with Crippen molar-refractivity contribution in [3.8, 4) is 56.0 Å². The lowest BCUT2D eigenvalue weighted by Crippen LogP contribution is -2.16. The number of aromatic nitrogens is 2. The standard InChI is InChI=1S/C35H27NO2.C33H23NO2.C28H20O.CH4.H2/c1-35(2)28-19-32-27(23-8-5-7-11-31(23)38-32)18-26(28)24-16-17-30-33(34(24)35)25-9-4-6-10-29(25)36(30)20-21-12-14-22(37-3)15-13-21;1-35-22-12-10-20(11-13-22)19-34-29-8-4-2-7-25(29)33-28-16-21-17-32-27(24-6-3-5-9-31(24)36-32)18-26(21)23(28)14-15-30(33)34;1-28(2)23-15-25-22(19-9-5-6-10-24(19)29-25)14-21(23)20-12-11-17-13-16-7-3-4-8-18(16)26(17)27(20)28;;/h4-19H,20H2,1-3H3;2-15,17-18H,16,19H2,1H3;3-12,14-15H,13H2,1-2H3;1H4;1H/i;;;;1+1D. The molecule has 0 amide bonds. The molecule has 0 spiro atoms.